The SMILES string of the molecule is CC(=O)c1ccnc2sc3c(=O)n(-c4ccc(Cl)cc4)cnc3c12.CC(C)(O)c1ccnc2sc3c(=O)n(-c4ccc(Cl)cc4)cnc3c12. The van der Waals surface area contributed by atoms with E-state index in [0.29, 0.717) is 68.0 Å². The van der Waals surface area contributed by atoms with Gasteiger partial charge in [0.15, 0.2) is 5.78 Å². The van der Waals surface area contributed by atoms with Crippen LogP contribution in [-0.2, 0) is 5.60 Å². The highest BCUT2D eigenvalue weighted by molar-refractivity contribution is 7.25. The molecule has 0 saturated carbocycles. The quantitative estimate of drug-likeness (QED) is 0.182. The summed E-state index contributed by atoms with van der Waals surface area (Å²) in [7, 11) is 0. The zero-order chi connectivity index (χ0) is 34.6. The predicted molar refractivity (Wildman–Crippen MR) is 196 cm³/mol. The fraction of sp³-hybridized carbons (Fsp3) is 0.114. The fourth-order valence-electron chi connectivity index (χ4n) is 5.48. The number of thiophene rings is 2. The minimum atomic E-state index is -1.05. The number of halogens is 2. The second-order valence-corrected chi connectivity index (χ2v) is 14.4. The molecule has 0 saturated heterocycles. The molecule has 244 valence electrons. The maximum absolute atomic E-state index is 13.0. The number of hydrogen-bond donors (Lipinski definition) is 1. The molecule has 1 N–H and O–H groups in total. The van der Waals surface area contributed by atoms with Gasteiger partial charge in [-0.15, -0.1) is 22.7 Å². The number of pyridine rings is 2. The van der Waals surface area contributed by atoms with Crippen molar-refractivity contribution in [2.45, 2.75) is 26.4 Å². The van der Waals surface area contributed by atoms with E-state index in [1.165, 1.54) is 51.4 Å². The third-order valence-corrected chi connectivity index (χ3v) is 10.5. The molecule has 6 aromatic heterocycles. The van der Waals surface area contributed by atoms with Gasteiger partial charge in [0.2, 0.25) is 0 Å². The highest BCUT2D eigenvalue weighted by Gasteiger charge is 2.24. The van der Waals surface area contributed by atoms with Gasteiger partial charge in [0, 0.05) is 38.8 Å². The summed E-state index contributed by atoms with van der Waals surface area (Å²) in [5, 5.41) is 13.0. The average Bonchev–Trinajstić information content (AvgIpc) is 3.66. The Morgan fingerprint density at radius 3 is 1.61 bits per heavy atom. The van der Waals surface area contributed by atoms with Gasteiger partial charge in [-0.1, -0.05) is 23.2 Å². The number of Topliss-reactive ketones (excluding diaryl/α,β-unsaturated/α-hetero) is 1. The van der Waals surface area contributed by atoms with E-state index in [-0.39, 0.29) is 16.9 Å². The van der Waals surface area contributed by atoms with Gasteiger partial charge < -0.3 is 5.11 Å². The maximum atomic E-state index is 13.0. The van der Waals surface area contributed by atoms with Crippen molar-refractivity contribution in [1.82, 2.24) is 29.1 Å². The third kappa shape index (κ3) is 5.91. The first-order valence-corrected chi connectivity index (χ1v) is 17.1. The Bertz CT molecular complexity index is 2690. The molecule has 6 heterocycles. The van der Waals surface area contributed by atoms with Crippen LogP contribution in [0.1, 0.15) is 36.7 Å². The van der Waals surface area contributed by atoms with Gasteiger partial charge in [0.1, 0.15) is 31.7 Å². The molecule has 10 nitrogen and oxygen atoms in total. The van der Waals surface area contributed by atoms with Gasteiger partial charge in [0.25, 0.3) is 11.1 Å². The molecule has 0 fully saturated rings. The number of aliphatic hydroxyl groups is 1. The lowest BCUT2D eigenvalue weighted by atomic mass is 9.96. The minimum Gasteiger partial charge on any atom is -0.386 e. The standard InChI is InChI=1S/C18H14ClN3O2S.C17H10ClN3O2S/c1-18(2,24)12-7-8-20-16-13(12)14-15(25-16)17(23)22(9-21-14)11-5-3-10(19)4-6-11;1-9(22)12-6-7-19-16-13(12)14-15(24-16)17(23)21(8-20-14)11-4-2-10(18)3-5-11/h3-9,24H,1-2H3;2-8H,1H3. The van der Waals surface area contributed by atoms with Crippen LogP contribution >= 0.6 is 45.9 Å². The van der Waals surface area contributed by atoms with Crippen molar-refractivity contribution >= 4 is 92.5 Å². The van der Waals surface area contributed by atoms with Gasteiger partial charge in [-0.2, -0.15) is 0 Å². The third-order valence-electron chi connectivity index (χ3n) is 7.81. The molecule has 8 aromatic rings. The van der Waals surface area contributed by atoms with Gasteiger partial charge >= 0.3 is 0 Å². The van der Waals surface area contributed by atoms with Crippen molar-refractivity contribution in [3.8, 4) is 11.4 Å². The van der Waals surface area contributed by atoms with E-state index in [1.54, 1.807) is 86.9 Å². The molecule has 49 heavy (non-hydrogen) atoms. The lowest BCUT2D eigenvalue weighted by Gasteiger charge is -2.18. The van der Waals surface area contributed by atoms with E-state index < -0.39 is 5.60 Å². The number of hydrogen-bond acceptors (Lipinski definition) is 10. The van der Waals surface area contributed by atoms with Gasteiger partial charge in [-0.3, -0.25) is 23.5 Å². The predicted octanol–water partition coefficient (Wildman–Crippen LogP) is 7.73. The van der Waals surface area contributed by atoms with Gasteiger partial charge in [-0.05, 0) is 87.0 Å². The molecule has 0 unspecified atom stereocenters. The van der Waals surface area contributed by atoms with Crippen LogP contribution < -0.4 is 11.1 Å². The van der Waals surface area contributed by atoms with Crippen LogP contribution in [0.15, 0.2) is 95.3 Å². The first kappa shape index (κ1) is 32.7. The smallest absolute Gasteiger partial charge is 0.275 e. The number of ketones is 1. The Balaban J connectivity index is 0.000000154. The van der Waals surface area contributed by atoms with E-state index in [9.17, 15) is 19.5 Å². The summed E-state index contributed by atoms with van der Waals surface area (Å²) < 4.78 is 3.93. The van der Waals surface area contributed by atoms with Crippen molar-refractivity contribution in [3.63, 3.8) is 0 Å². The van der Waals surface area contributed by atoms with E-state index >= 15 is 0 Å². The van der Waals surface area contributed by atoms with E-state index in [4.69, 9.17) is 23.2 Å². The van der Waals surface area contributed by atoms with Crippen LogP contribution in [0.25, 0.3) is 52.2 Å². The topological polar surface area (TPSA) is 133 Å². The summed E-state index contributed by atoms with van der Waals surface area (Å²) in [5.41, 5.74) is 2.28. The molecular formula is C35H24Cl2N6O4S2. The van der Waals surface area contributed by atoms with Crippen molar-refractivity contribution < 1.29 is 9.90 Å². The first-order valence-electron chi connectivity index (χ1n) is 14.8. The van der Waals surface area contributed by atoms with Crippen molar-refractivity contribution in [3.05, 3.63) is 128 Å². The molecule has 0 radical (unpaired) electrons. The van der Waals surface area contributed by atoms with Gasteiger partial charge in [-0.25, -0.2) is 19.9 Å². The van der Waals surface area contributed by atoms with Crippen molar-refractivity contribution in [2.75, 3.05) is 0 Å². The normalized spacial score (nSPS) is 11.7. The molecule has 0 spiro atoms. The molecular weight excluding hydrogens is 703 g/mol. The van der Waals surface area contributed by atoms with Crippen LogP contribution in [0, 0.1) is 0 Å². The fourth-order valence-corrected chi connectivity index (χ4v) is 7.84. The Labute approximate surface area is 295 Å². The Kier molecular flexibility index (Phi) is 8.37. The lowest BCUT2D eigenvalue weighted by molar-refractivity contribution is 0.0802. The number of nitrogens with zero attached hydrogens (tertiary/aromatic N) is 6. The largest absolute Gasteiger partial charge is 0.386 e. The van der Waals surface area contributed by atoms with Crippen LogP contribution in [0.2, 0.25) is 10.0 Å². The van der Waals surface area contributed by atoms with Crippen molar-refractivity contribution in [2.24, 2.45) is 0 Å². The zero-order valence-electron chi connectivity index (χ0n) is 26.0. The number of rotatable bonds is 4. The van der Waals surface area contributed by atoms with Gasteiger partial charge in [0.05, 0.1) is 28.0 Å². The van der Waals surface area contributed by atoms with E-state index in [2.05, 4.69) is 19.9 Å². The number of benzene rings is 2. The molecule has 0 bridgehead atoms. The molecule has 0 atom stereocenters. The Hall–Kier alpha value is -4.85. The second kappa shape index (κ2) is 12.6. The summed E-state index contributed by atoms with van der Waals surface area (Å²) in [5.74, 6) is -0.0780. The number of fused-ring (bicyclic) bond motifs is 6. The molecule has 14 heteroatoms. The van der Waals surface area contributed by atoms with E-state index in [1.807, 2.05) is 0 Å². The van der Waals surface area contributed by atoms with Crippen molar-refractivity contribution in [1.29, 1.82) is 0 Å². The molecule has 0 aliphatic rings. The molecule has 0 aliphatic heterocycles. The first-order chi connectivity index (χ1) is 23.4. The monoisotopic (exact) mass is 726 g/mol. The Morgan fingerprint density at radius 1 is 0.694 bits per heavy atom. The Morgan fingerprint density at radius 2 is 1.14 bits per heavy atom. The van der Waals surface area contributed by atoms with Crippen LogP contribution in [-0.4, -0.2) is 40.0 Å². The summed E-state index contributed by atoms with van der Waals surface area (Å²) in [6, 6.07) is 17.4. The molecule has 8 rings (SSSR count). The molecule has 2 aromatic carbocycles. The van der Waals surface area contributed by atoms with E-state index in [0.717, 1.165) is 5.39 Å². The highest BCUT2D eigenvalue weighted by Crippen LogP contribution is 2.36. The van der Waals surface area contributed by atoms with Crippen LogP contribution in [0.5, 0.6) is 0 Å². The summed E-state index contributed by atoms with van der Waals surface area (Å²) in [6.45, 7) is 4.91. The maximum Gasteiger partial charge on any atom is 0.275 e. The van der Waals surface area contributed by atoms with Crippen LogP contribution in [0.3, 0.4) is 0 Å². The number of aromatic nitrogens is 6. The number of carbonyl (C=O) groups is 1. The van der Waals surface area contributed by atoms with Crippen LogP contribution in [0.4, 0.5) is 0 Å². The zero-order valence-corrected chi connectivity index (χ0v) is 29.2. The lowest BCUT2D eigenvalue weighted by Crippen LogP contribution is -2.18. The number of carbonyl (C=O) groups excluding carboxylic acids is 1. The summed E-state index contributed by atoms with van der Waals surface area (Å²) in [4.78, 5) is 56.5. The minimum absolute atomic E-state index is 0.0780. The highest BCUT2D eigenvalue weighted by atomic mass is 35.5. The molecule has 0 aliphatic carbocycles. The average molecular weight is 728 g/mol. The second-order valence-electron chi connectivity index (χ2n) is 11.5. The summed E-state index contributed by atoms with van der Waals surface area (Å²) in [6.07, 6.45) is 6.19. The molecule has 0 amide bonds. The summed E-state index contributed by atoms with van der Waals surface area (Å²) >= 11 is 14.3.